The molecule has 1 heterocycles. The van der Waals surface area contributed by atoms with Crippen molar-refractivity contribution in [2.45, 2.75) is 51.7 Å². The third-order valence-corrected chi connectivity index (χ3v) is 4.34. The van der Waals surface area contributed by atoms with Crippen molar-refractivity contribution in [1.29, 1.82) is 0 Å². The third kappa shape index (κ3) is 3.21. The molecule has 114 valence electrons. The van der Waals surface area contributed by atoms with Crippen LogP contribution in [0.25, 0.3) is 0 Å². The number of likely N-dealkylation sites (tertiary alicyclic amines) is 1. The van der Waals surface area contributed by atoms with Gasteiger partial charge in [0.2, 0.25) is 5.91 Å². The third-order valence-electron chi connectivity index (χ3n) is 4.34. The summed E-state index contributed by atoms with van der Waals surface area (Å²) in [6.45, 7) is 4.83. The molecule has 0 aliphatic carbocycles. The lowest BCUT2D eigenvalue weighted by atomic mass is 10.1. The number of hydrogen-bond donors (Lipinski definition) is 1. The molecule has 21 heavy (non-hydrogen) atoms. The van der Waals surface area contributed by atoms with E-state index in [1.54, 1.807) is 12.1 Å². The Labute approximate surface area is 124 Å². The fourth-order valence-electron chi connectivity index (χ4n) is 3.07. The highest BCUT2D eigenvalue weighted by molar-refractivity contribution is 5.93. The smallest absolute Gasteiger partial charge is 0.274 e. The predicted octanol–water partition coefficient (Wildman–Crippen LogP) is 2.46. The van der Waals surface area contributed by atoms with Gasteiger partial charge in [-0.05, 0) is 32.3 Å². The van der Waals surface area contributed by atoms with E-state index in [0.29, 0.717) is 24.2 Å². The maximum Gasteiger partial charge on any atom is 0.274 e. The van der Waals surface area contributed by atoms with E-state index in [0.717, 1.165) is 19.3 Å². The molecule has 1 aliphatic rings. The van der Waals surface area contributed by atoms with Gasteiger partial charge in [0.15, 0.2) is 0 Å². The molecular formula is C15H21N3O3. The van der Waals surface area contributed by atoms with Gasteiger partial charge in [-0.25, -0.2) is 0 Å². The van der Waals surface area contributed by atoms with Gasteiger partial charge in [-0.3, -0.25) is 19.8 Å². The van der Waals surface area contributed by atoms with E-state index in [9.17, 15) is 14.9 Å². The number of nitrogens with two attached hydrogens (primary N) is 1. The van der Waals surface area contributed by atoms with Gasteiger partial charge in [-0.15, -0.1) is 0 Å². The molecule has 0 saturated carbocycles. The number of nitro benzene ring substituents is 1. The lowest BCUT2D eigenvalue weighted by Gasteiger charge is -2.27. The van der Waals surface area contributed by atoms with Gasteiger partial charge in [-0.1, -0.05) is 13.0 Å². The Balaban J connectivity index is 2.31. The summed E-state index contributed by atoms with van der Waals surface area (Å²) in [6, 6.07) is 5.38. The molecule has 1 aromatic rings. The topological polar surface area (TPSA) is 89.5 Å². The maximum atomic E-state index is 11.2. The molecule has 1 amide bonds. The summed E-state index contributed by atoms with van der Waals surface area (Å²) in [5.74, 6) is -0.648. The van der Waals surface area contributed by atoms with Crippen LogP contribution < -0.4 is 5.73 Å². The van der Waals surface area contributed by atoms with Crippen LogP contribution >= 0.6 is 0 Å². The molecule has 0 radical (unpaired) electrons. The van der Waals surface area contributed by atoms with Gasteiger partial charge >= 0.3 is 0 Å². The van der Waals surface area contributed by atoms with Gasteiger partial charge in [0.05, 0.1) is 4.92 Å². The highest BCUT2D eigenvalue weighted by atomic mass is 16.6. The van der Waals surface area contributed by atoms with E-state index < -0.39 is 10.8 Å². The summed E-state index contributed by atoms with van der Waals surface area (Å²) < 4.78 is 0. The van der Waals surface area contributed by atoms with Crippen LogP contribution in [0, 0.1) is 10.1 Å². The molecule has 2 atom stereocenters. The Hall–Kier alpha value is -1.95. The molecule has 1 fully saturated rings. The number of carbonyl (C=O) groups is 1. The van der Waals surface area contributed by atoms with Crippen molar-refractivity contribution in [3.63, 3.8) is 0 Å². The second-order valence-electron chi connectivity index (χ2n) is 5.63. The van der Waals surface area contributed by atoms with Gasteiger partial charge in [0.1, 0.15) is 0 Å². The second kappa shape index (κ2) is 6.22. The molecule has 1 saturated heterocycles. The maximum absolute atomic E-state index is 11.2. The SMILES string of the molecule is CC[C@H]1CC[C@H](C)N1Cc1ccc(C(N)=O)cc1[N+](=O)[O-]. The minimum Gasteiger partial charge on any atom is -0.366 e. The van der Waals surface area contributed by atoms with Crippen LogP contribution in [0.5, 0.6) is 0 Å². The number of rotatable bonds is 5. The van der Waals surface area contributed by atoms with E-state index in [1.165, 1.54) is 6.07 Å². The van der Waals surface area contributed by atoms with Crippen LogP contribution in [0.4, 0.5) is 5.69 Å². The Morgan fingerprint density at radius 3 is 2.76 bits per heavy atom. The Bertz CT molecular complexity index is 559. The quantitative estimate of drug-likeness (QED) is 0.666. The van der Waals surface area contributed by atoms with Crippen molar-refractivity contribution in [3.05, 3.63) is 39.4 Å². The molecule has 0 bridgehead atoms. The first-order chi connectivity index (χ1) is 9.93. The van der Waals surface area contributed by atoms with Crippen molar-refractivity contribution in [2.24, 2.45) is 5.73 Å². The van der Waals surface area contributed by atoms with Gasteiger partial charge < -0.3 is 5.73 Å². The monoisotopic (exact) mass is 291 g/mol. The molecule has 1 aliphatic heterocycles. The fraction of sp³-hybridized carbons (Fsp3) is 0.533. The lowest BCUT2D eigenvalue weighted by molar-refractivity contribution is -0.385. The summed E-state index contributed by atoms with van der Waals surface area (Å²) in [7, 11) is 0. The summed E-state index contributed by atoms with van der Waals surface area (Å²) in [6.07, 6.45) is 3.29. The predicted molar refractivity (Wildman–Crippen MR) is 79.9 cm³/mol. The molecule has 0 spiro atoms. The number of hydrogen-bond acceptors (Lipinski definition) is 4. The number of nitrogens with zero attached hydrogens (tertiary/aromatic N) is 2. The average molecular weight is 291 g/mol. The van der Waals surface area contributed by atoms with Crippen molar-refractivity contribution in [1.82, 2.24) is 4.90 Å². The van der Waals surface area contributed by atoms with E-state index in [-0.39, 0.29) is 11.3 Å². The fourth-order valence-corrected chi connectivity index (χ4v) is 3.07. The van der Waals surface area contributed by atoms with E-state index in [1.807, 2.05) is 0 Å². The van der Waals surface area contributed by atoms with Crippen molar-refractivity contribution >= 4 is 11.6 Å². The molecule has 6 heteroatoms. The minimum atomic E-state index is -0.648. The standard InChI is InChI=1S/C15H21N3O3/c1-3-13-7-4-10(2)17(13)9-12-6-5-11(15(16)19)8-14(12)18(20)21/h5-6,8,10,13H,3-4,7,9H2,1-2H3,(H2,16,19)/t10-,13-/m0/s1. The van der Waals surface area contributed by atoms with Crippen molar-refractivity contribution < 1.29 is 9.72 Å². The molecule has 1 aromatic carbocycles. The van der Waals surface area contributed by atoms with Gasteiger partial charge in [0.25, 0.3) is 5.69 Å². The zero-order valence-electron chi connectivity index (χ0n) is 12.4. The number of primary amides is 1. The molecule has 2 N–H and O–H groups in total. The minimum absolute atomic E-state index is 0.0275. The Kier molecular flexibility index (Phi) is 4.57. The first kappa shape index (κ1) is 15.4. The summed E-state index contributed by atoms with van der Waals surface area (Å²) in [4.78, 5) is 24.3. The van der Waals surface area contributed by atoms with Crippen LogP contribution in [0.3, 0.4) is 0 Å². The molecule has 2 rings (SSSR count). The highest BCUT2D eigenvalue weighted by Gasteiger charge is 2.31. The highest BCUT2D eigenvalue weighted by Crippen LogP contribution is 2.30. The molecule has 0 unspecified atom stereocenters. The number of amides is 1. The summed E-state index contributed by atoms with van der Waals surface area (Å²) in [5.41, 5.74) is 5.97. The first-order valence-corrected chi connectivity index (χ1v) is 7.26. The largest absolute Gasteiger partial charge is 0.366 e. The lowest BCUT2D eigenvalue weighted by Crippen LogP contribution is -2.33. The normalized spacial score (nSPS) is 22.4. The Morgan fingerprint density at radius 2 is 2.19 bits per heavy atom. The number of carbonyl (C=O) groups excluding carboxylic acids is 1. The van der Waals surface area contributed by atoms with E-state index >= 15 is 0 Å². The Morgan fingerprint density at radius 1 is 1.48 bits per heavy atom. The van der Waals surface area contributed by atoms with Crippen molar-refractivity contribution in [2.75, 3.05) is 0 Å². The second-order valence-corrected chi connectivity index (χ2v) is 5.63. The number of benzene rings is 1. The van der Waals surface area contributed by atoms with Crippen LogP contribution in [-0.2, 0) is 6.54 Å². The summed E-state index contributed by atoms with van der Waals surface area (Å²) in [5, 5.41) is 11.2. The van der Waals surface area contributed by atoms with Crippen LogP contribution in [0.2, 0.25) is 0 Å². The van der Waals surface area contributed by atoms with E-state index in [2.05, 4.69) is 18.7 Å². The molecule has 6 nitrogen and oxygen atoms in total. The zero-order chi connectivity index (χ0) is 15.6. The molecule has 0 aromatic heterocycles. The summed E-state index contributed by atoms with van der Waals surface area (Å²) >= 11 is 0. The van der Waals surface area contributed by atoms with Crippen LogP contribution in [0.1, 0.15) is 49.0 Å². The van der Waals surface area contributed by atoms with Gasteiger partial charge in [0, 0.05) is 35.8 Å². The van der Waals surface area contributed by atoms with Gasteiger partial charge in [-0.2, -0.15) is 0 Å². The first-order valence-electron chi connectivity index (χ1n) is 7.26. The van der Waals surface area contributed by atoms with Crippen LogP contribution in [0.15, 0.2) is 18.2 Å². The van der Waals surface area contributed by atoms with Crippen LogP contribution in [-0.4, -0.2) is 27.8 Å². The zero-order valence-corrected chi connectivity index (χ0v) is 12.4. The number of nitro groups is 1. The average Bonchev–Trinajstić information content (AvgIpc) is 2.79. The molecular weight excluding hydrogens is 270 g/mol. The van der Waals surface area contributed by atoms with E-state index in [4.69, 9.17) is 5.73 Å². The van der Waals surface area contributed by atoms with Crippen molar-refractivity contribution in [3.8, 4) is 0 Å².